The average Bonchev–Trinajstić information content (AvgIpc) is 2.84. The van der Waals surface area contributed by atoms with Crippen LogP contribution in [0.25, 0.3) is 0 Å². The molecule has 5 nitrogen and oxygen atoms in total. The van der Waals surface area contributed by atoms with Crippen molar-refractivity contribution >= 4 is 19.7 Å². The van der Waals surface area contributed by atoms with Crippen molar-refractivity contribution in [1.82, 2.24) is 14.8 Å². The Kier molecular flexibility index (Phi) is 3.45. The third-order valence-corrected chi connectivity index (χ3v) is 4.27. The molecule has 1 heterocycles. The number of hydrogen-bond acceptors (Lipinski definition) is 4. The van der Waals surface area contributed by atoms with Crippen LogP contribution < -0.4 is 0 Å². The maximum atomic E-state index is 11.4. The van der Waals surface area contributed by atoms with Gasteiger partial charge in [-0.2, -0.15) is 0 Å². The molecular formula is C10H16ClN3O2S. The molecule has 0 radical (unpaired) electrons. The highest BCUT2D eigenvalue weighted by Crippen LogP contribution is 2.35. The van der Waals surface area contributed by atoms with Crippen molar-refractivity contribution in [3.05, 3.63) is 5.82 Å². The maximum absolute atomic E-state index is 11.4. The van der Waals surface area contributed by atoms with E-state index >= 15 is 0 Å². The van der Waals surface area contributed by atoms with E-state index in [1.165, 1.54) is 12.8 Å². The molecule has 1 saturated carbocycles. The Morgan fingerprint density at radius 2 is 1.88 bits per heavy atom. The van der Waals surface area contributed by atoms with E-state index in [0.717, 1.165) is 18.7 Å². The quantitative estimate of drug-likeness (QED) is 0.796. The lowest BCUT2D eigenvalue weighted by atomic mass is 10.1. The molecule has 0 N–H and O–H groups in total. The number of halogens is 1. The molecule has 1 fully saturated rings. The van der Waals surface area contributed by atoms with Crippen LogP contribution in [0, 0.1) is 0 Å². The molecule has 1 aliphatic rings. The molecule has 0 amide bonds. The Bertz CT molecular complexity index is 504. The zero-order valence-electron chi connectivity index (χ0n) is 9.93. The lowest BCUT2D eigenvalue weighted by molar-refractivity contribution is 0.486. The second-order valence-electron chi connectivity index (χ2n) is 4.72. The van der Waals surface area contributed by atoms with E-state index in [1.807, 2.05) is 13.8 Å². The van der Waals surface area contributed by atoms with Crippen LogP contribution in [0.1, 0.15) is 57.3 Å². The van der Waals surface area contributed by atoms with Crippen LogP contribution in [-0.4, -0.2) is 23.2 Å². The summed E-state index contributed by atoms with van der Waals surface area (Å²) in [5, 5.41) is 7.65. The van der Waals surface area contributed by atoms with Crippen LogP contribution in [0.2, 0.25) is 0 Å². The fourth-order valence-corrected chi connectivity index (χ4v) is 3.40. The van der Waals surface area contributed by atoms with Gasteiger partial charge in [-0.1, -0.05) is 12.8 Å². The van der Waals surface area contributed by atoms with E-state index in [1.54, 1.807) is 4.57 Å². The van der Waals surface area contributed by atoms with Crippen LogP contribution in [0.5, 0.6) is 0 Å². The lowest BCUT2D eigenvalue weighted by Gasteiger charge is -2.15. The molecule has 7 heteroatoms. The van der Waals surface area contributed by atoms with E-state index in [4.69, 9.17) is 10.7 Å². The Balaban J connectivity index is 2.50. The van der Waals surface area contributed by atoms with Crippen molar-refractivity contribution < 1.29 is 8.42 Å². The molecule has 2 rings (SSSR count). The Morgan fingerprint density at radius 3 is 2.35 bits per heavy atom. The normalized spacial score (nSPS) is 18.1. The molecule has 0 unspecified atom stereocenters. The molecule has 17 heavy (non-hydrogen) atoms. The third kappa shape index (κ3) is 2.47. The van der Waals surface area contributed by atoms with Crippen molar-refractivity contribution in [1.29, 1.82) is 0 Å². The molecule has 1 aromatic rings. The molecule has 0 spiro atoms. The number of rotatable bonds is 3. The van der Waals surface area contributed by atoms with Gasteiger partial charge in [0.15, 0.2) is 0 Å². The van der Waals surface area contributed by atoms with Crippen LogP contribution in [-0.2, 0) is 9.05 Å². The second kappa shape index (κ2) is 4.57. The highest BCUT2D eigenvalue weighted by atomic mass is 35.7. The molecule has 1 aliphatic carbocycles. The lowest BCUT2D eigenvalue weighted by Crippen LogP contribution is -2.13. The van der Waals surface area contributed by atoms with Gasteiger partial charge in [0.1, 0.15) is 5.82 Å². The Hall–Kier alpha value is -0.620. The fourth-order valence-electron chi connectivity index (χ4n) is 2.40. The van der Waals surface area contributed by atoms with Crippen molar-refractivity contribution in [3.8, 4) is 0 Å². The fraction of sp³-hybridized carbons (Fsp3) is 0.800. The molecule has 0 aromatic carbocycles. The summed E-state index contributed by atoms with van der Waals surface area (Å²) in [5.41, 5.74) is 0. The van der Waals surface area contributed by atoms with Gasteiger partial charge in [-0.15, -0.1) is 10.2 Å². The monoisotopic (exact) mass is 277 g/mol. The van der Waals surface area contributed by atoms with Crippen molar-refractivity contribution in [2.75, 3.05) is 0 Å². The van der Waals surface area contributed by atoms with Crippen LogP contribution in [0.4, 0.5) is 0 Å². The van der Waals surface area contributed by atoms with Crippen molar-refractivity contribution in [2.45, 2.75) is 56.6 Å². The van der Waals surface area contributed by atoms with E-state index in [2.05, 4.69) is 10.2 Å². The first-order valence-corrected chi connectivity index (χ1v) is 8.11. The van der Waals surface area contributed by atoms with Crippen molar-refractivity contribution in [3.63, 3.8) is 0 Å². The first kappa shape index (κ1) is 12.8. The zero-order chi connectivity index (χ0) is 12.6. The van der Waals surface area contributed by atoms with Gasteiger partial charge in [0.2, 0.25) is 0 Å². The van der Waals surface area contributed by atoms with Gasteiger partial charge in [0.25, 0.3) is 14.2 Å². The first-order valence-electron chi connectivity index (χ1n) is 5.80. The van der Waals surface area contributed by atoms with Gasteiger partial charge in [0, 0.05) is 22.6 Å². The average molecular weight is 278 g/mol. The topological polar surface area (TPSA) is 64.8 Å². The molecule has 0 atom stereocenters. The molecule has 0 bridgehead atoms. The molecule has 96 valence electrons. The summed E-state index contributed by atoms with van der Waals surface area (Å²) in [7, 11) is 1.55. The predicted molar refractivity (Wildman–Crippen MR) is 64.7 cm³/mol. The Morgan fingerprint density at radius 1 is 1.29 bits per heavy atom. The van der Waals surface area contributed by atoms with Gasteiger partial charge in [0.05, 0.1) is 0 Å². The maximum Gasteiger partial charge on any atom is 0.296 e. The highest BCUT2D eigenvalue weighted by molar-refractivity contribution is 8.13. The van der Waals surface area contributed by atoms with Gasteiger partial charge in [-0.25, -0.2) is 8.42 Å². The van der Waals surface area contributed by atoms with Gasteiger partial charge in [-0.3, -0.25) is 4.57 Å². The van der Waals surface area contributed by atoms with E-state index in [-0.39, 0.29) is 11.2 Å². The van der Waals surface area contributed by atoms with Crippen LogP contribution >= 0.6 is 10.7 Å². The van der Waals surface area contributed by atoms with Crippen LogP contribution in [0.3, 0.4) is 0 Å². The molecular weight excluding hydrogens is 262 g/mol. The standard InChI is InChI=1S/C10H16ClN3O2S/c1-7(2)14-9(8-5-3-4-6-8)12-13-10(14)17(11,15)16/h7-8H,3-6H2,1-2H3. The zero-order valence-corrected chi connectivity index (χ0v) is 11.5. The summed E-state index contributed by atoms with van der Waals surface area (Å²) < 4.78 is 24.5. The number of hydrogen-bond donors (Lipinski definition) is 0. The van der Waals surface area contributed by atoms with E-state index in [0.29, 0.717) is 5.92 Å². The van der Waals surface area contributed by atoms with Crippen molar-refractivity contribution in [2.24, 2.45) is 0 Å². The summed E-state index contributed by atoms with van der Waals surface area (Å²) in [6.45, 7) is 3.82. The van der Waals surface area contributed by atoms with E-state index in [9.17, 15) is 8.42 Å². The molecule has 1 aromatic heterocycles. The minimum Gasteiger partial charge on any atom is -0.298 e. The number of aromatic nitrogens is 3. The highest BCUT2D eigenvalue weighted by Gasteiger charge is 2.29. The van der Waals surface area contributed by atoms with Gasteiger partial charge in [-0.05, 0) is 26.7 Å². The SMILES string of the molecule is CC(C)n1c(C2CCCC2)nnc1S(=O)(=O)Cl. The Labute approximate surface area is 106 Å². The summed E-state index contributed by atoms with van der Waals surface area (Å²) in [5.74, 6) is 1.08. The van der Waals surface area contributed by atoms with Gasteiger partial charge >= 0.3 is 0 Å². The second-order valence-corrected chi connectivity index (χ2v) is 7.18. The first-order chi connectivity index (χ1) is 7.91. The summed E-state index contributed by atoms with van der Waals surface area (Å²) in [6, 6.07) is -0.0101. The molecule has 0 aliphatic heterocycles. The third-order valence-electron chi connectivity index (χ3n) is 3.15. The van der Waals surface area contributed by atoms with Gasteiger partial charge < -0.3 is 0 Å². The predicted octanol–water partition coefficient (Wildman–Crippen LogP) is 2.44. The van der Waals surface area contributed by atoms with E-state index < -0.39 is 9.05 Å². The minimum absolute atomic E-state index is 0.0101. The summed E-state index contributed by atoms with van der Waals surface area (Å²) >= 11 is 0. The molecule has 0 saturated heterocycles. The summed E-state index contributed by atoms with van der Waals surface area (Å²) in [4.78, 5) is 0. The largest absolute Gasteiger partial charge is 0.298 e. The summed E-state index contributed by atoms with van der Waals surface area (Å²) in [6.07, 6.45) is 4.43. The smallest absolute Gasteiger partial charge is 0.296 e. The van der Waals surface area contributed by atoms with Crippen LogP contribution in [0.15, 0.2) is 5.16 Å². The number of nitrogens with zero attached hydrogens (tertiary/aromatic N) is 3. The minimum atomic E-state index is -3.83.